The van der Waals surface area contributed by atoms with Gasteiger partial charge in [-0.15, -0.1) is 0 Å². The summed E-state index contributed by atoms with van der Waals surface area (Å²) < 4.78 is 24.9. The highest BCUT2D eigenvalue weighted by molar-refractivity contribution is 6.30. The van der Waals surface area contributed by atoms with Crippen molar-refractivity contribution in [1.29, 1.82) is 0 Å². The van der Waals surface area contributed by atoms with Crippen molar-refractivity contribution < 1.29 is 23.1 Å². The molecule has 0 atom stereocenters. The lowest BCUT2D eigenvalue weighted by Crippen LogP contribution is -2.41. The molecule has 1 heterocycles. The molecular weight excluding hydrogens is 437 g/mol. The summed E-state index contributed by atoms with van der Waals surface area (Å²) in [6.45, 7) is 2.25. The molecule has 0 saturated carbocycles. The zero-order valence-electron chi connectivity index (χ0n) is 17.5. The normalized spacial score (nSPS) is 10.6. The van der Waals surface area contributed by atoms with E-state index in [2.05, 4.69) is 15.8 Å². The molecule has 9 heteroatoms. The standard InChI is InChI=1S/C23H23ClFN3O4/c1-15-13-16(24)8-9-19(15)31-12-4-7-21(29)27-28-22(30)10-11-23-26-14-20(32-23)17-5-2-3-6-18(17)25/h2-3,5-6,8-9,13-14H,4,7,10-12H2,1H3,(H,27,29)(H,28,30). The number of oxazole rings is 1. The van der Waals surface area contributed by atoms with E-state index in [4.69, 9.17) is 20.8 Å². The number of nitrogens with zero attached hydrogens (tertiary/aromatic N) is 1. The first-order chi connectivity index (χ1) is 15.4. The highest BCUT2D eigenvalue weighted by atomic mass is 35.5. The van der Waals surface area contributed by atoms with Gasteiger partial charge in [0.05, 0.1) is 18.4 Å². The van der Waals surface area contributed by atoms with Crippen molar-refractivity contribution in [1.82, 2.24) is 15.8 Å². The molecule has 2 aromatic carbocycles. The summed E-state index contributed by atoms with van der Waals surface area (Å²) in [7, 11) is 0. The Hall–Kier alpha value is -3.39. The van der Waals surface area contributed by atoms with E-state index in [1.54, 1.807) is 36.4 Å². The van der Waals surface area contributed by atoms with Gasteiger partial charge in [-0.2, -0.15) is 0 Å². The summed E-state index contributed by atoms with van der Waals surface area (Å²) in [6.07, 6.45) is 2.36. The molecule has 7 nitrogen and oxygen atoms in total. The Balaban J connectivity index is 1.32. The van der Waals surface area contributed by atoms with Crippen LogP contribution in [0, 0.1) is 12.7 Å². The van der Waals surface area contributed by atoms with Crippen molar-refractivity contribution >= 4 is 23.4 Å². The number of carbonyl (C=O) groups is 2. The van der Waals surface area contributed by atoms with Gasteiger partial charge in [-0.3, -0.25) is 20.4 Å². The zero-order valence-corrected chi connectivity index (χ0v) is 18.2. The van der Waals surface area contributed by atoms with Gasteiger partial charge in [-0.25, -0.2) is 9.37 Å². The van der Waals surface area contributed by atoms with Gasteiger partial charge in [-0.05, 0) is 49.2 Å². The second kappa shape index (κ2) is 11.3. The quantitative estimate of drug-likeness (QED) is 0.366. The average molecular weight is 460 g/mol. The molecule has 0 unspecified atom stereocenters. The van der Waals surface area contributed by atoms with Crippen LogP contribution in [0.15, 0.2) is 53.1 Å². The molecular formula is C23H23ClFN3O4. The molecule has 2 amide bonds. The smallest absolute Gasteiger partial charge is 0.238 e. The Morgan fingerprint density at radius 3 is 2.62 bits per heavy atom. The minimum absolute atomic E-state index is 0.0520. The number of hydrazine groups is 1. The monoisotopic (exact) mass is 459 g/mol. The number of benzene rings is 2. The summed E-state index contributed by atoms with van der Waals surface area (Å²) in [4.78, 5) is 27.9. The van der Waals surface area contributed by atoms with Crippen LogP contribution < -0.4 is 15.6 Å². The number of carbonyl (C=O) groups excluding carboxylic acids is 2. The topological polar surface area (TPSA) is 93.5 Å². The van der Waals surface area contributed by atoms with Gasteiger partial charge >= 0.3 is 0 Å². The molecule has 0 radical (unpaired) electrons. The highest BCUT2D eigenvalue weighted by Gasteiger charge is 2.12. The fraction of sp³-hybridized carbons (Fsp3) is 0.261. The lowest BCUT2D eigenvalue weighted by molar-refractivity contribution is -0.129. The summed E-state index contributed by atoms with van der Waals surface area (Å²) in [5.74, 6) is 0.184. The van der Waals surface area contributed by atoms with Crippen LogP contribution in [0.2, 0.25) is 5.02 Å². The molecule has 2 N–H and O–H groups in total. The predicted octanol–water partition coefficient (Wildman–Crippen LogP) is 4.38. The lowest BCUT2D eigenvalue weighted by atomic mass is 10.2. The molecule has 168 valence electrons. The number of hydrogen-bond acceptors (Lipinski definition) is 5. The van der Waals surface area contributed by atoms with Crippen LogP contribution in [-0.4, -0.2) is 23.4 Å². The van der Waals surface area contributed by atoms with E-state index in [9.17, 15) is 14.0 Å². The molecule has 3 rings (SSSR count). The Morgan fingerprint density at radius 2 is 1.88 bits per heavy atom. The van der Waals surface area contributed by atoms with Crippen molar-refractivity contribution in [3.63, 3.8) is 0 Å². The number of aromatic nitrogens is 1. The maximum Gasteiger partial charge on any atom is 0.238 e. The van der Waals surface area contributed by atoms with Crippen molar-refractivity contribution in [3.8, 4) is 17.1 Å². The Kier molecular flexibility index (Phi) is 8.21. The SMILES string of the molecule is Cc1cc(Cl)ccc1OCCCC(=O)NNC(=O)CCc1ncc(-c2ccccc2F)o1. The summed E-state index contributed by atoms with van der Waals surface area (Å²) >= 11 is 5.90. The molecule has 0 spiro atoms. The van der Waals surface area contributed by atoms with Gasteiger partial charge < -0.3 is 9.15 Å². The third-order valence-corrected chi connectivity index (χ3v) is 4.78. The molecule has 0 bridgehead atoms. The van der Waals surface area contributed by atoms with Gasteiger partial charge in [0, 0.05) is 24.3 Å². The Bertz CT molecular complexity index is 1090. The second-order valence-electron chi connectivity index (χ2n) is 7.06. The third-order valence-electron chi connectivity index (χ3n) is 4.54. The van der Waals surface area contributed by atoms with Crippen LogP contribution in [0.5, 0.6) is 5.75 Å². The van der Waals surface area contributed by atoms with Crippen molar-refractivity contribution in [2.24, 2.45) is 0 Å². The number of hydrogen-bond donors (Lipinski definition) is 2. The van der Waals surface area contributed by atoms with Crippen LogP contribution in [0.1, 0.15) is 30.7 Å². The molecule has 0 fully saturated rings. The van der Waals surface area contributed by atoms with E-state index >= 15 is 0 Å². The highest BCUT2D eigenvalue weighted by Crippen LogP contribution is 2.24. The zero-order chi connectivity index (χ0) is 22.9. The number of rotatable bonds is 9. The summed E-state index contributed by atoms with van der Waals surface area (Å²) in [5.41, 5.74) is 5.94. The van der Waals surface area contributed by atoms with Crippen LogP contribution in [0.25, 0.3) is 11.3 Å². The average Bonchev–Trinajstić information content (AvgIpc) is 3.24. The molecule has 1 aromatic heterocycles. The Labute approximate surface area is 189 Å². The fourth-order valence-corrected chi connectivity index (χ4v) is 3.11. The largest absolute Gasteiger partial charge is 0.493 e. The summed E-state index contributed by atoms with van der Waals surface area (Å²) in [6, 6.07) is 11.5. The number of ether oxygens (including phenoxy) is 1. The van der Waals surface area contributed by atoms with E-state index in [1.807, 2.05) is 6.92 Å². The number of nitrogens with one attached hydrogen (secondary N) is 2. The van der Waals surface area contributed by atoms with Gasteiger partial charge in [0.25, 0.3) is 0 Å². The van der Waals surface area contributed by atoms with Crippen LogP contribution in [0.4, 0.5) is 4.39 Å². The van der Waals surface area contributed by atoms with Crippen molar-refractivity contribution in [2.75, 3.05) is 6.61 Å². The molecule has 32 heavy (non-hydrogen) atoms. The number of aryl methyl sites for hydroxylation is 2. The van der Waals surface area contributed by atoms with Crippen LogP contribution in [-0.2, 0) is 16.0 Å². The Morgan fingerprint density at radius 1 is 1.12 bits per heavy atom. The van der Waals surface area contributed by atoms with Gasteiger partial charge in [0.15, 0.2) is 11.7 Å². The molecule has 0 aliphatic rings. The number of amides is 2. The molecule has 0 saturated heterocycles. The van der Waals surface area contributed by atoms with Crippen LogP contribution in [0.3, 0.4) is 0 Å². The van der Waals surface area contributed by atoms with Gasteiger partial charge in [0.2, 0.25) is 11.8 Å². The first kappa shape index (κ1) is 23.3. The fourth-order valence-electron chi connectivity index (χ4n) is 2.89. The van der Waals surface area contributed by atoms with Crippen molar-refractivity contribution in [2.45, 2.75) is 32.6 Å². The van der Waals surface area contributed by atoms with E-state index in [1.165, 1.54) is 12.3 Å². The number of halogens is 2. The lowest BCUT2D eigenvalue weighted by Gasteiger charge is -2.10. The minimum Gasteiger partial charge on any atom is -0.493 e. The van der Waals surface area contributed by atoms with E-state index in [0.29, 0.717) is 41.0 Å². The van der Waals surface area contributed by atoms with Gasteiger partial charge in [-0.1, -0.05) is 23.7 Å². The first-order valence-electron chi connectivity index (χ1n) is 10.1. The third kappa shape index (κ3) is 6.81. The maximum absolute atomic E-state index is 13.8. The first-order valence-corrected chi connectivity index (χ1v) is 10.5. The maximum atomic E-state index is 13.8. The minimum atomic E-state index is -0.413. The second-order valence-corrected chi connectivity index (χ2v) is 7.49. The molecule has 3 aromatic rings. The van der Waals surface area contributed by atoms with Gasteiger partial charge in [0.1, 0.15) is 11.6 Å². The van der Waals surface area contributed by atoms with Crippen molar-refractivity contribution in [3.05, 3.63) is 71.0 Å². The predicted molar refractivity (Wildman–Crippen MR) is 117 cm³/mol. The van der Waals surface area contributed by atoms with E-state index in [0.717, 1.165) is 5.56 Å². The van der Waals surface area contributed by atoms with Crippen LogP contribution >= 0.6 is 11.6 Å². The molecule has 0 aliphatic heterocycles. The summed E-state index contributed by atoms with van der Waals surface area (Å²) in [5, 5.41) is 0.637. The molecule has 0 aliphatic carbocycles. The van der Waals surface area contributed by atoms with E-state index in [-0.39, 0.29) is 25.2 Å². The van der Waals surface area contributed by atoms with E-state index < -0.39 is 11.7 Å².